The molecule has 0 aliphatic heterocycles. The minimum atomic E-state index is 0.944. The van der Waals surface area contributed by atoms with Gasteiger partial charge in [-0.3, -0.25) is 4.57 Å². The van der Waals surface area contributed by atoms with Gasteiger partial charge in [-0.05, 0) is 32.9 Å². The summed E-state index contributed by atoms with van der Waals surface area (Å²) in [6, 6.07) is 8.15. The summed E-state index contributed by atoms with van der Waals surface area (Å²) in [6.45, 7) is 17.0. The zero-order valence-electron chi connectivity index (χ0n) is 15.7. The van der Waals surface area contributed by atoms with Crippen LogP contribution in [-0.4, -0.2) is 9.55 Å². The Bertz CT molecular complexity index is 713. The van der Waals surface area contributed by atoms with Gasteiger partial charge in [-0.1, -0.05) is 69.0 Å². The maximum absolute atomic E-state index is 4.71. The van der Waals surface area contributed by atoms with Crippen LogP contribution >= 0.6 is 0 Å². The van der Waals surface area contributed by atoms with Crippen molar-refractivity contribution in [1.82, 2.24) is 9.55 Å². The normalized spacial score (nSPS) is 11.0. The average Bonchev–Trinajstić information content (AvgIpc) is 2.97. The maximum Gasteiger partial charge on any atom is 0.144 e. The van der Waals surface area contributed by atoms with E-state index in [1.54, 1.807) is 12.2 Å². The van der Waals surface area contributed by atoms with Crippen LogP contribution in [0, 0.1) is 0 Å². The predicted molar refractivity (Wildman–Crippen MR) is 111 cm³/mol. The summed E-state index contributed by atoms with van der Waals surface area (Å²) in [4.78, 5) is 4.71. The third kappa shape index (κ3) is 5.88. The lowest BCUT2D eigenvalue weighted by Crippen LogP contribution is -1.94. The molecule has 0 spiro atoms. The zero-order valence-corrected chi connectivity index (χ0v) is 15.7. The molecule has 0 saturated carbocycles. The molecule has 0 aliphatic rings. The molecular formula is C22H30N2. The van der Waals surface area contributed by atoms with Gasteiger partial charge in [0.2, 0.25) is 0 Å². The van der Waals surface area contributed by atoms with Crippen LogP contribution in [0.15, 0.2) is 73.9 Å². The van der Waals surface area contributed by atoms with Gasteiger partial charge in [0, 0.05) is 11.8 Å². The van der Waals surface area contributed by atoms with E-state index in [1.165, 1.54) is 0 Å². The lowest BCUT2D eigenvalue weighted by atomic mass is 10.2. The third-order valence-corrected chi connectivity index (χ3v) is 2.88. The average molecular weight is 322 g/mol. The zero-order chi connectivity index (χ0) is 18.4. The molecule has 0 fully saturated rings. The van der Waals surface area contributed by atoms with Crippen LogP contribution in [0.2, 0.25) is 0 Å². The second-order valence-electron chi connectivity index (χ2n) is 4.52. The first-order valence-corrected chi connectivity index (χ1v) is 8.36. The van der Waals surface area contributed by atoms with E-state index >= 15 is 0 Å². The lowest BCUT2D eigenvalue weighted by molar-refractivity contribution is 1.12. The Morgan fingerprint density at radius 1 is 1.08 bits per heavy atom. The number of nitrogens with zero attached hydrogens (tertiary/aromatic N) is 2. The number of hydrogen-bond donors (Lipinski definition) is 0. The number of allylic oxidation sites excluding steroid dienone is 7. The van der Waals surface area contributed by atoms with Gasteiger partial charge in [0.25, 0.3) is 0 Å². The van der Waals surface area contributed by atoms with E-state index in [0.717, 1.165) is 22.4 Å². The summed E-state index contributed by atoms with van der Waals surface area (Å²) in [6.07, 6.45) is 13.6. The van der Waals surface area contributed by atoms with Crippen molar-refractivity contribution >= 4 is 22.8 Å². The lowest BCUT2D eigenvalue weighted by Gasteiger charge is -2.03. The molecule has 0 aliphatic carbocycles. The molecule has 2 aromatic rings. The quantitative estimate of drug-likeness (QED) is 0.442. The molecule has 2 nitrogen and oxygen atoms in total. The molecule has 1 aromatic carbocycles. The van der Waals surface area contributed by atoms with Crippen LogP contribution in [0.25, 0.3) is 22.8 Å². The van der Waals surface area contributed by atoms with Gasteiger partial charge >= 0.3 is 0 Å². The first kappa shape index (κ1) is 21.4. The molecule has 0 atom stereocenters. The molecule has 1 heterocycles. The number of para-hydroxylation sites is 2. The highest BCUT2D eigenvalue weighted by Crippen LogP contribution is 2.23. The maximum atomic E-state index is 4.71. The minimum Gasteiger partial charge on any atom is -0.299 e. The Kier molecular flexibility index (Phi) is 11.5. The summed E-state index contributed by atoms with van der Waals surface area (Å²) in [5, 5.41) is 0. The van der Waals surface area contributed by atoms with Crippen molar-refractivity contribution in [2.45, 2.75) is 34.6 Å². The molecule has 1 aromatic heterocycles. The Morgan fingerprint density at radius 2 is 1.71 bits per heavy atom. The molecule has 0 N–H and O–H groups in total. The van der Waals surface area contributed by atoms with E-state index in [9.17, 15) is 0 Å². The van der Waals surface area contributed by atoms with Crippen LogP contribution in [0.5, 0.6) is 0 Å². The topological polar surface area (TPSA) is 17.8 Å². The third-order valence-electron chi connectivity index (χ3n) is 2.88. The summed E-state index contributed by atoms with van der Waals surface area (Å²) >= 11 is 0. The van der Waals surface area contributed by atoms with Gasteiger partial charge in [-0.15, -0.1) is 6.58 Å². The summed E-state index contributed by atoms with van der Waals surface area (Å²) in [5.74, 6) is 0.944. The summed E-state index contributed by atoms with van der Waals surface area (Å²) < 4.78 is 2.11. The first-order valence-electron chi connectivity index (χ1n) is 8.36. The number of hydrogen-bond acceptors (Lipinski definition) is 1. The van der Waals surface area contributed by atoms with Crippen molar-refractivity contribution < 1.29 is 0 Å². The highest BCUT2D eigenvalue weighted by Gasteiger charge is 2.10. The van der Waals surface area contributed by atoms with Crippen LogP contribution in [0.1, 0.15) is 40.4 Å². The molecule has 0 amide bonds. The van der Waals surface area contributed by atoms with E-state index < -0.39 is 0 Å². The van der Waals surface area contributed by atoms with Crippen molar-refractivity contribution in [1.29, 1.82) is 0 Å². The number of rotatable bonds is 4. The van der Waals surface area contributed by atoms with E-state index in [4.69, 9.17) is 4.98 Å². The Balaban J connectivity index is 0.000000952. The molecule has 2 heteroatoms. The van der Waals surface area contributed by atoms with Crippen LogP contribution < -0.4 is 0 Å². The number of imidazole rings is 1. The fourth-order valence-corrected chi connectivity index (χ4v) is 2.02. The first-order chi connectivity index (χ1) is 11.7. The second-order valence-corrected chi connectivity index (χ2v) is 4.52. The molecule has 0 unspecified atom stereocenters. The van der Waals surface area contributed by atoms with E-state index in [2.05, 4.69) is 29.9 Å². The Labute approximate surface area is 147 Å². The fourth-order valence-electron chi connectivity index (χ4n) is 2.02. The number of fused-ring (bicyclic) bond motifs is 1. The fraction of sp³-hybridized carbons (Fsp3) is 0.227. The van der Waals surface area contributed by atoms with Crippen LogP contribution in [0.4, 0.5) is 0 Å². The minimum absolute atomic E-state index is 0.944. The number of benzene rings is 1. The van der Waals surface area contributed by atoms with Gasteiger partial charge in [-0.2, -0.15) is 0 Å². The van der Waals surface area contributed by atoms with Gasteiger partial charge in [0.15, 0.2) is 0 Å². The highest BCUT2D eigenvalue weighted by atomic mass is 15.1. The predicted octanol–water partition coefficient (Wildman–Crippen LogP) is 6.89. The van der Waals surface area contributed by atoms with Crippen LogP contribution in [-0.2, 0) is 0 Å². The molecule has 0 saturated heterocycles. The van der Waals surface area contributed by atoms with Crippen molar-refractivity contribution in [3.8, 4) is 0 Å². The summed E-state index contributed by atoms with van der Waals surface area (Å²) in [5.41, 5.74) is 3.19. The number of aromatic nitrogens is 2. The van der Waals surface area contributed by atoms with Crippen molar-refractivity contribution in [3.05, 3.63) is 79.7 Å². The molecule has 0 bridgehead atoms. The molecular weight excluding hydrogens is 292 g/mol. The van der Waals surface area contributed by atoms with Crippen molar-refractivity contribution in [2.24, 2.45) is 0 Å². The Hall–Kier alpha value is -2.61. The van der Waals surface area contributed by atoms with Gasteiger partial charge in [-0.25, -0.2) is 4.98 Å². The smallest absolute Gasteiger partial charge is 0.144 e. The second kappa shape index (κ2) is 12.9. The Morgan fingerprint density at radius 3 is 2.25 bits per heavy atom. The highest BCUT2D eigenvalue weighted by molar-refractivity contribution is 5.84. The van der Waals surface area contributed by atoms with Crippen molar-refractivity contribution in [2.75, 3.05) is 0 Å². The monoisotopic (exact) mass is 322 g/mol. The molecule has 2 rings (SSSR count). The van der Waals surface area contributed by atoms with Crippen LogP contribution in [0.3, 0.4) is 0 Å². The molecule has 128 valence electrons. The largest absolute Gasteiger partial charge is 0.299 e. The molecule has 0 radical (unpaired) electrons. The van der Waals surface area contributed by atoms with Crippen molar-refractivity contribution in [3.63, 3.8) is 0 Å². The van der Waals surface area contributed by atoms with E-state index in [1.807, 2.05) is 77.2 Å². The SMILES string of the molecule is C=C/C=C\C(=C/C)c1nc2ccccc2n1/C=C/C.C=CC.CC. The molecule has 24 heavy (non-hydrogen) atoms. The summed E-state index contributed by atoms with van der Waals surface area (Å²) in [7, 11) is 0. The van der Waals surface area contributed by atoms with Gasteiger partial charge in [0.1, 0.15) is 5.82 Å². The van der Waals surface area contributed by atoms with Gasteiger partial charge < -0.3 is 0 Å². The van der Waals surface area contributed by atoms with Gasteiger partial charge in [0.05, 0.1) is 11.0 Å². The van der Waals surface area contributed by atoms with E-state index in [0.29, 0.717) is 0 Å². The van der Waals surface area contributed by atoms with E-state index in [-0.39, 0.29) is 0 Å². The standard InChI is InChI=1S/C17H18N2.C3H6.C2H6/c1-4-7-10-14(6-3)17-18-15-11-8-9-12-16(15)19(17)13-5-2;1-3-2;1-2/h4-13H,1H2,2-3H3;3H,1H2,2H3;1-2H3/b10-7-,13-5+,14-6+;;.